The summed E-state index contributed by atoms with van der Waals surface area (Å²) in [6, 6.07) is 67.1. The first-order valence-electron chi connectivity index (χ1n) is 20.6. The molecule has 0 radical (unpaired) electrons. The lowest BCUT2D eigenvalue weighted by Crippen LogP contribution is -2.10. The standard InChI is InChI=1S/C58H38/c1-58(2,3)40-24-26-41-45(30-40)43-27-37-17-10-11-18-38(37)28-44(43)47-32-49-48(31-46(41)47)52(33-13-6-4-7-14-33)56-42-25-23-36-22-21-35-19-12-20-39-29-50(55(42)54(36)51(35)39)57(56)53(49)34-15-8-5-9-16-34/h4-32H,1-3H3. The lowest BCUT2D eigenvalue weighted by molar-refractivity contribution is 0.591. The Bertz CT molecular complexity index is 3730. The molecule has 12 aromatic carbocycles. The van der Waals surface area contributed by atoms with Crippen LogP contribution in [-0.2, 0) is 5.41 Å². The summed E-state index contributed by atoms with van der Waals surface area (Å²) in [6.07, 6.45) is 0. The van der Waals surface area contributed by atoms with Crippen molar-refractivity contribution in [2.75, 3.05) is 0 Å². The fraction of sp³-hybridized carbons (Fsp3) is 0.0690. The molecule has 1 aliphatic rings. The first kappa shape index (κ1) is 32.1. The van der Waals surface area contributed by atoms with Crippen molar-refractivity contribution in [2.24, 2.45) is 0 Å². The van der Waals surface area contributed by atoms with Crippen LogP contribution in [-0.4, -0.2) is 0 Å². The van der Waals surface area contributed by atoms with Crippen molar-refractivity contribution in [3.8, 4) is 44.5 Å². The molecule has 0 heterocycles. The monoisotopic (exact) mass is 734 g/mol. The Morgan fingerprint density at radius 1 is 0.276 bits per heavy atom. The van der Waals surface area contributed by atoms with E-state index >= 15 is 0 Å². The van der Waals surface area contributed by atoms with Crippen LogP contribution in [0.3, 0.4) is 0 Å². The molecule has 13 rings (SSSR count). The van der Waals surface area contributed by atoms with E-state index in [0.29, 0.717) is 0 Å². The number of hydrogen-bond donors (Lipinski definition) is 0. The molecule has 0 aromatic heterocycles. The lowest BCUT2D eigenvalue weighted by Gasteiger charge is -2.23. The van der Waals surface area contributed by atoms with Crippen LogP contribution in [0.5, 0.6) is 0 Å². The van der Waals surface area contributed by atoms with Gasteiger partial charge in [0.05, 0.1) is 0 Å². The summed E-state index contributed by atoms with van der Waals surface area (Å²) in [7, 11) is 0. The van der Waals surface area contributed by atoms with Crippen LogP contribution in [0, 0.1) is 0 Å². The normalized spacial score (nSPS) is 12.7. The summed E-state index contributed by atoms with van der Waals surface area (Å²) in [5.74, 6) is 0. The van der Waals surface area contributed by atoms with Crippen LogP contribution >= 0.6 is 0 Å². The second kappa shape index (κ2) is 11.3. The number of rotatable bonds is 2. The molecule has 0 unspecified atom stereocenters. The molecule has 0 spiro atoms. The summed E-state index contributed by atoms with van der Waals surface area (Å²) in [5, 5.41) is 21.0. The van der Waals surface area contributed by atoms with E-state index in [9.17, 15) is 0 Å². The number of fused-ring (bicyclic) bond motifs is 11. The third kappa shape index (κ3) is 4.24. The van der Waals surface area contributed by atoms with Crippen molar-refractivity contribution in [3.05, 3.63) is 181 Å². The second-order valence-electron chi connectivity index (χ2n) is 17.6. The van der Waals surface area contributed by atoms with E-state index in [1.54, 1.807) is 0 Å². The first-order chi connectivity index (χ1) is 28.4. The lowest BCUT2D eigenvalue weighted by atomic mass is 9.80. The quantitative estimate of drug-likeness (QED) is 0.123. The molecular formula is C58H38. The maximum Gasteiger partial charge on any atom is -0.000719 e. The van der Waals surface area contributed by atoms with E-state index in [4.69, 9.17) is 0 Å². The smallest absolute Gasteiger partial charge is 0.000719 e. The average Bonchev–Trinajstić information content (AvgIpc) is 3.58. The number of benzene rings is 12. The van der Waals surface area contributed by atoms with Gasteiger partial charge in [0.1, 0.15) is 0 Å². The Morgan fingerprint density at radius 2 is 0.776 bits per heavy atom. The van der Waals surface area contributed by atoms with Crippen molar-refractivity contribution in [3.63, 3.8) is 0 Å². The van der Waals surface area contributed by atoms with Crippen LogP contribution in [0.15, 0.2) is 176 Å². The highest BCUT2D eigenvalue weighted by Gasteiger charge is 2.32. The third-order valence-corrected chi connectivity index (χ3v) is 13.4. The molecule has 12 aromatic rings. The highest BCUT2D eigenvalue weighted by atomic mass is 14.3. The SMILES string of the molecule is CC(C)(C)c1ccc2c(c1)c1cc3ccccc3cc1c1cc3c(-c4ccccc4)c4c(c(-c5ccccc5)c3cc21)-c1ccc2ccc3cccc5cc-4c1c2c35. The summed E-state index contributed by atoms with van der Waals surface area (Å²) in [5.41, 5.74) is 11.9. The van der Waals surface area contributed by atoms with Gasteiger partial charge in [-0.05, 0) is 178 Å². The fourth-order valence-corrected chi connectivity index (χ4v) is 10.7. The molecule has 0 N–H and O–H groups in total. The van der Waals surface area contributed by atoms with Gasteiger partial charge in [-0.25, -0.2) is 0 Å². The molecule has 1 aliphatic carbocycles. The van der Waals surface area contributed by atoms with Crippen molar-refractivity contribution >= 4 is 86.2 Å². The van der Waals surface area contributed by atoms with Crippen molar-refractivity contribution in [1.29, 1.82) is 0 Å². The van der Waals surface area contributed by atoms with Crippen LogP contribution in [0.1, 0.15) is 26.3 Å². The van der Waals surface area contributed by atoms with Gasteiger partial charge >= 0.3 is 0 Å². The molecule has 0 nitrogen and oxygen atoms in total. The minimum absolute atomic E-state index is 0.0268. The summed E-state index contributed by atoms with van der Waals surface area (Å²) in [4.78, 5) is 0. The molecule has 0 aliphatic heterocycles. The summed E-state index contributed by atoms with van der Waals surface area (Å²) in [6.45, 7) is 6.97. The van der Waals surface area contributed by atoms with Crippen molar-refractivity contribution < 1.29 is 0 Å². The predicted molar refractivity (Wildman–Crippen MR) is 252 cm³/mol. The summed E-state index contributed by atoms with van der Waals surface area (Å²) >= 11 is 0. The molecule has 0 saturated carbocycles. The van der Waals surface area contributed by atoms with Gasteiger partial charge in [0.2, 0.25) is 0 Å². The molecule has 0 amide bonds. The minimum atomic E-state index is 0.0268. The van der Waals surface area contributed by atoms with Crippen LogP contribution in [0.2, 0.25) is 0 Å². The van der Waals surface area contributed by atoms with Gasteiger partial charge in [-0.3, -0.25) is 0 Å². The van der Waals surface area contributed by atoms with Gasteiger partial charge in [0, 0.05) is 0 Å². The predicted octanol–water partition coefficient (Wildman–Crippen LogP) is 16.6. The average molecular weight is 735 g/mol. The Labute approximate surface area is 336 Å². The molecule has 270 valence electrons. The van der Waals surface area contributed by atoms with Crippen LogP contribution in [0.4, 0.5) is 0 Å². The zero-order valence-electron chi connectivity index (χ0n) is 32.7. The van der Waals surface area contributed by atoms with E-state index in [2.05, 4.69) is 197 Å². The van der Waals surface area contributed by atoms with Crippen molar-refractivity contribution in [1.82, 2.24) is 0 Å². The summed E-state index contributed by atoms with van der Waals surface area (Å²) < 4.78 is 0. The Kier molecular flexibility index (Phi) is 6.26. The molecule has 0 fully saturated rings. The Balaban J connectivity index is 1.30. The molecule has 0 bridgehead atoms. The molecule has 0 atom stereocenters. The zero-order valence-corrected chi connectivity index (χ0v) is 32.7. The molecule has 0 saturated heterocycles. The molecule has 58 heavy (non-hydrogen) atoms. The number of hydrogen-bond acceptors (Lipinski definition) is 0. The van der Waals surface area contributed by atoms with Crippen LogP contribution < -0.4 is 0 Å². The van der Waals surface area contributed by atoms with E-state index in [-0.39, 0.29) is 5.41 Å². The second-order valence-corrected chi connectivity index (χ2v) is 17.6. The molecule has 0 heteroatoms. The van der Waals surface area contributed by atoms with Gasteiger partial charge in [0.15, 0.2) is 0 Å². The van der Waals surface area contributed by atoms with Gasteiger partial charge in [0.25, 0.3) is 0 Å². The van der Waals surface area contributed by atoms with Crippen molar-refractivity contribution in [2.45, 2.75) is 26.2 Å². The maximum atomic E-state index is 2.56. The highest BCUT2D eigenvalue weighted by Crippen LogP contribution is 2.60. The first-order valence-corrected chi connectivity index (χ1v) is 20.6. The largest absolute Gasteiger partial charge is 0.0622 e. The van der Waals surface area contributed by atoms with Gasteiger partial charge in [-0.1, -0.05) is 160 Å². The highest BCUT2D eigenvalue weighted by molar-refractivity contribution is 6.37. The third-order valence-electron chi connectivity index (χ3n) is 13.4. The zero-order chi connectivity index (χ0) is 38.4. The molecular weight excluding hydrogens is 697 g/mol. The maximum absolute atomic E-state index is 2.56. The fourth-order valence-electron chi connectivity index (χ4n) is 10.7. The minimum Gasteiger partial charge on any atom is -0.0622 e. The van der Waals surface area contributed by atoms with E-state index in [1.807, 2.05) is 0 Å². The van der Waals surface area contributed by atoms with Gasteiger partial charge in [-0.15, -0.1) is 0 Å². The van der Waals surface area contributed by atoms with E-state index in [0.717, 1.165) is 0 Å². The topological polar surface area (TPSA) is 0 Å². The van der Waals surface area contributed by atoms with Crippen LogP contribution in [0.25, 0.3) is 131 Å². The van der Waals surface area contributed by atoms with E-state index in [1.165, 1.54) is 136 Å². The van der Waals surface area contributed by atoms with Gasteiger partial charge < -0.3 is 0 Å². The Hall–Kier alpha value is -7.02. The Morgan fingerprint density at radius 3 is 1.41 bits per heavy atom. The van der Waals surface area contributed by atoms with E-state index < -0.39 is 0 Å². The van der Waals surface area contributed by atoms with Gasteiger partial charge in [-0.2, -0.15) is 0 Å².